The maximum Gasteiger partial charge on any atom is 0.251 e. The third-order valence-corrected chi connectivity index (χ3v) is 3.52. The van der Waals surface area contributed by atoms with E-state index >= 15 is 0 Å². The molecule has 2 aromatic rings. The first-order valence-electron chi connectivity index (χ1n) is 6.10. The monoisotopic (exact) mass is 293 g/mol. The van der Waals surface area contributed by atoms with Crippen LogP contribution in [0.2, 0.25) is 5.02 Å². The number of likely N-dealkylation sites (N-methyl/N-ethyl adjacent to an activating group) is 1. The van der Waals surface area contributed by atoms with Crippen molar-refractivity contribution in [3.8, 4) is 0 Å². The average molecular weight is 294 g/mol. The molecule has 1 amide bonds. The predicted molar refractivity (Wildman–Crippen MR) is 76.7 cm³/mol. The van der Waals surface area contributed by atoms with Gasteiger partial charge in [0.15, 0.2) is 0 Å². The van der Waals surface area contributed by atoms with Gasteiger partial charge in [0.2, 0.25) is 5.91 Å². The van der Waals surface area contributed by atoms with Crippen LogP contribution in [0.1, 0.15) is 19.4 Å². The summed E-state index contributed by atoms with van der Waals surface area (Å²) >= 11 is 6.00. The molecule has 0 fully saturated rings. The summed E-state index contributed by atoms with van der Waals surface area (Å²) in [5.41, 5.74) is 0.114. The quantitative estimate of drug-likeness (QED) is 0.866. The standard InChI is InChI=1S/C13H16ClN5O/c1-13(2,9-6-5-7-10(14)8-9)11(20)18(3)12-15-16-17-19(12)4/h5-8H,1-4H3. The molecule has 0 saturated carbocycles. The van der Waals surface area contributed by atoms with E-state index in [2.05, 4.69) is 15.5 Å². The average Bonchev–Trinajstić information content (AvgIpc) is 2.83. The molecule has 1 heterocycles. The van der Waals surface area contributed by atoms with Crippen molar-refractivity contribution < 1.29 is 4.79 Å². The highest BCUT2D eigenvalue weighted by Gasteiger charge is 2.34. The maximum atomic E-state index is 12.7. The van der Waals surface area contributed by atoms with Gasteiger partial charge in [-0.05, 0) is 42.0 Å². The zero-order chi connectivity index (χ0) is 14.9. The minimum atomic E-state index is -0.731. The van der Waals surface area contributed by atoms with E-state index in [-0.39, 0.29) is 5.91 Å². The summed E-state index contributed by atoms with van der Waals surface area (Å²) in [5, 5.41) is 11.7. The van der Waals surface area contributed by atoms with Crippen LogP contribution >= 0.6 is 11.6 Å². The number of tetrazole rings is 1. The SMILES string of the molecule is CN(C(=O)C(C)(C)c1cccc(Cl)c1)c1nnnn1C. The predicted octanol–water partition coefficient (Wildman–Crippen LogP) is 1.80. The number of aromatic nitrogens is 4. The Hall–Kier alpha value is -1.95. The van der Waals surface area contributed by atoms with Crippen LogP contribution in [0.25, 0.3) is 0 Å². The summed E-state index contributed by atoms with van der Waals surface area (Å²) in [5.74, 6) is 0.280. The zero-order valence-electron chi connectivity index (χ0n) is 11.8. The summed E-state index contributed by atoms with van der Waals surface area (Å²) in [7, 11) is 3.34. The van der Waals surface area contributed by atoms with E-state index in [1.807, 2.05) is 26.0 Å². The molecule has 6 nitrogen and oxygen atoms in total. The molecular weight excluding hydrogens is 278 g/mol. The van der Waals surface area contributed by atoms with Gasteiger partial charge >= 0.3 is 0 Å². The number of aryl methyl sites for hydroxylation is 1. The summed E-state index contributed by atoms with van der Waals surface area (Å²) in [6.45, 7) is 3.70. The highest BCUT2D eigenvalue weighted by molar-refractivity contribution is 6.30. The molecule has 0 aliphatic rings. The van der Waals surface area contributed by atoms with Crippen molar-refractivity contribution in [3.05, 3.63) is 34.9 Å². The van der Waals surface area contributed by atoms with E-state index in [0.717, 1.165) is 5.56 Å². The Morgan fingerprint density at radius 2 is 2.10 bits per heavy atom. The molecule has 0 atom stereocenters. The lowest BCUT2D eigenvalue weighted by molar-refractivity contribution is -0.122. The van der Waals surface area contributed by atoms with E-state index in [0.29, 0.717) is 11.0 Å². The lowest BCUT2D eigenvalue weighted by Gasteiger charge is -2.28. The van der Waals surface area contributed by atoms with Crippen molar-refractivity contribution in [1.29, 1.82) is 0 Å². The second-order valence-corrected chi connectivity index (χ2v) is 5.54. The lowest BCUT2D eigenvalue weighted by Crippen LogP contribution is -2.42. The molecule has 106 valence electrons. The van der Waals surface area contributed by atoms with Crippen LogP contribution in [0.5, 0.6) is 0 Å². The second kappa shape index (κ2) is 5.20. The molecule has 20 heavy (non-hydrogen) atoms. The van der Waals surface area contributed by atoms with Crippen LogP contribution in [-0.4, -0.2) is 33.2 Å². The van der Waals surface area contributed by atoms with Gasteiger partial charge in [-0.1, -0.05) is 28.8 Å². The third kappa shape index (κ3) is 2.51. The number of nitrogens with zero attached hydrogens (tertiary/aromatic N) is 5. The Morgan fingerprint density at radius 3 is 2.65 bits per heavy atom. The minimum absolute atomic E-state index is 0.113. The van der Waals surface area contributed by atoms with Gasteiger partial charge in [-0.25, -0.2) is 4.68 Å². The fraction of sp³-hybridized carbons (Fsp3) is 0.385. The first-order valence-corrected chi connectivity index (χ1v) is 6.48. The summed E-state index contributed by atoms with van der Waals surface area (Å²) in [6.07, 6.45) is 0. The molecule has 7 heteroatoms. The third-order valence-electron chi connectivity index (χ3n) is 3.28. The molecule has 0 unspecified atom stereocenters. The highest BCUT2D eigenvalue weighted by atomic mass is 35.5. The van der Waals surface area contributed by atoms with Crippen LogP contribution < -0.4 is 4.90 Å². The normalized spacial score (nSPS) is 11.4. The number of hydrogen-bond acceptors (Lipinski definition) is 4. The van der Waals surface area contributed by atoms with Crippen LogP contribution in [0.4, 0.5) is 5.95 Å². The van der Waals surface area contributed by atoms with E-state index < -0.39 is 5.41 Å². The molecule has 0 spiro atoms. The van der Waals surface area contributed by atoms with Crippen molar-refractivity contribution in [2.75, 3.05) is 11.9 Å². The molecule has 2 rings (SSSR count). The van der Waals surface area contributed by atoms with Crippen LogP contribution in [0.15, 0.2) is 24.3 Å². The molecule has 0 saturated heterocycles. The van der Waals surface area contributed by atoms with Gasteiger partial charge in [0.05, 0.1) is 5.41 Å². The molecule has 0 aliphatic heterocycles. The number of amides is 1. The summed E-state index contributed by atoms with van der Waals surface area (Å²) < 4.78 is 1.45. The molecule has 0 radical (unpaired) electrons. The first-order chi connectivity index (χ1) is 9.34. The van der Waals surface area contributed by atoms with Gasteiger partial charge in [-0.3, -0.25) is 9.69 Å². The van der Waals surface area contributed by atoms with Crippen LogP contribution in [0, 0.1) is 0 Å². The van der Waals surface area contributed by atoms with Crippen LogP contribution in [0.3, 0.4) is 0 Å². The first kappa shape index (κ1) is 14.5. The zero-order valence-corrected chi connectivity index (χ0v) is 12.6. The largest absolute Gasteiger partial charge is 0.282 e. The number of benzene rings is 1. The number of halogens is 1. The van der Waals surface area contributed by atoms with E-state index in [1.165, 1.54) is 9.58 Å². The number of hydrogen-bond donors (Lipinski definition) is 0. The molecule has 0 N–H and O–H groups in total. The number of anilines is 1. The Balaban J connectivity index is 2.34. The second-order valence-electron chi connectivity index (χ2n) is 5.10. The van der Waals surface area contributed by atoms with Crippen molar-refractivity contribution >= 4 is 23.5 Å². The fourth-order valence-corrected chi connectivity index (χ4v) is 2.21. The topological polar surface area (TPSA) is 63.9 Å². The maximum absolute atomic E-state index is 12.7. The number of rotatable bonds is 3. The van der Waals surface area contributed by atoms with Crippen molar-refractivity contribution in [2.45, 2.75) is 19.3 Å². The van der Waals surface area contributed by atoms with Gasteiger partial charge in [-0.2, -0.15) is 0 Å². The Kier molecular flexibility index (Phi) is 3.76. The number of carbonyl (C=O) groups is 1. The van der Waals surface area contributed by atoms with Gasteiger partial charge < -0.3 is 0 Å². The van der Waals surface area contributed by atoms with E-state index in [9.17, 15) is 4.79 Å². The van der Waals surface area contributed by atoms with Gasteiger partial charge in [0.1, 0.15) is 0 Å². The molecule has 1 aromatic carbocycles. The van der Waals surface area contributed by atoms with E-state index in [4.69, 9.17) is 11.6 Å². The van der Waals surface area contributed by atoms with Gasteiger partial charge in [0, 0.05) is 19.1 Å². The highest BCUT2D eigenvalue weighted by Crippen LogP contribution is 2.28. The van der Waals surface area contributed by atoms with Crippen molar-refractivity contribution in [2.24, 2.45) is 7.05 Å². The van der Waals surface area contributed by atoms with Gasteiger partial charge in [-0.15, -0.1) is 0 Å². The molecular formula is C13H16ClN5O. The van der Waals surface area contributed by atoms with E-state index in [1.54, 1.807) is 26.2 Å². The minimum Gasteiger partial charge on any atom is -0.282 e. The lowest BCUT2D eigenvalue weighted by atomic mass is 9.83. The van der Waals surface area contributed by atoms with Gasteiger partial charge in [0.25, 0.3) is 5.95 Å². The van der Waals surface area contributed by atoms with Crippen molar-refractivity contribution in [1.82, 2.24) is 20.2 Å². The molecule has 1 aromatic heterocycles. The smallest absolute Gasteiger partial charge is 0.251 e. The molecule has 0 aliphatic carbocycles. The van der Waals surface area contributed by atoms with Crippen molar-refractivity contribution in [3.63, 3.8) is 0 Å². The summed E-state index contributed by atoms with van der Waals surface area (Å²) in [4.78, 5) is 14.1. The van der Waals surface area contributed by atoms with Crippen LogP contribution in [-0.2, 0) is 17.3 Å². The summed E-state index contributed by atoms with van der Waals surface area (Å²) in [6, 6.07) is 7.28. The fourth-order valence-electron chi connectivity index (χ4n) is 2.02. The molecule has 0 bridgehead atoms. The Morgan fingerprint density at radius 1 is 1.40 bits per heavy atom. The number of carbonyl (C=O) groups excluding carboxylic acids is 1. The Labute approximate surface area is 122 Å². The Bertz CT molecular complexity index is 637.